The quantitative estimate of drug-likeness (QED) is 0.533. The van der Waals surface area contributed by atoms with E-state index in [-0.39, 0.29) is 16.3 Å². The Bertz CT molecular complexity index is 574. The van der Waals surface area contributed by atoms with Crippen LogP contribution in [0.1, 0.15) is 45.4 Å². The first-order valence-electron chi connectivity index (χ1n) is 8.34. The third kappa shape index (κ3) is 1.86. The van der Waals surface area contributed by atoms with Crippen molar-refractivity contribution in [3.63, 3.8) is 0 Å². The molecule has 3 nitrogen and oxygen atoms in total. The number of hydrogen-bond acceptors (Lipinski definition) is 2. The summed E-state index contributed by atoms with van der Waals surface area (Å²) in [5, 5.41) is 11.7. The molecule has 0 aliphatic heterocycles. The number of nitrogens with zero attached hydrogens (tertiary/aromatic N) is 1. The van der Waals surface area contributed by atoms with Gasteiger partial charge in [0.25, 0.3) is 0 Å². The van der Waals surface area contributed by atoms with Gasteiger partial charge in [-0.15, -0.1) is 0 Å². The summed E-state index contributed by atoms with van der Waals surface area (Å²) in [6.45, 7) is 2.17. The van der Waals surface area contributed by atoms with Crippen LogP contribution in [0, 0.1) is 33.3 Å². The van der Waals surface area contributed by atoms with Crippen molar-refractivity contribution in [3.05, 3.63) is 45.6 Å². The van der Waals surface area contributed by atoms with Crippen LogP contribution in [0.4, 0.5) is 0 Å². The van der Waals surface area contributed by atoms with Gasteiger partial charge in [-0.2, -0.15) is 0 Å². The van der Waals surface area contributed by atoms with E-state index in [2.05, 4.69) is 31.2 Å². The highest BCUT2D eigenvalue weighted by Crippen LogP contribution is 2.57. The Hall–Kier alpha value is -1.38. The average Bonchev–Trinajstić information content (AvgIpc) is 2.87. The molecular formula is C18H23NO2. The molecule has 4 aliphatic rings. The Morgan fingerprint density at radius 2 is 2.14 bits per heavy atom. The molecule has 0 heterocycles. The fraction of sp³-hybridized carbons (Fsp3) is 0.667. The average molecular weight is 285 g/mol. The maximum Gasteiger partial charge on any atom is 0.221 e. The van der Waals surface area contributed by atoms with Crippen LogP contribution >= 0.6 is 0 Å². The van der Waals surface area contributed by atoms with Gasteiger partial charge in [-0.1, -0.05) is 44.1 Å². The van der Waals surface area contributed by atoms with E-state index in [9.17, 15) is 10.1 Å². The van der Waals surface area contributed by atoms with Crippen molar-refractivity contribution < 1.29 is 4.92 Å². The predicted molar refractivity (Wildman–Crippen MR) is 82.4 cm³/mol. The maximum atomic E-state index is 11.7. The lowest BCUT2D eigenvalue weighted by Gasteiger charge is -2.48. The van der Waals surface area contributed by atoms with Gasteiger partial charge >= 0.3 is 0 Å². The number of nitro groups is 1. The summed E-state index contributed by atoms with van der Waals surface area (Å²) < 4.78 is 0. The van der Waals surface area contributed by atoms with Crippen molar-refractivity contribution in [3.8, 4) is 0 Å². The van der Waals surface area contributed by atoms with Crippen LogP contribution in [0.25, 0.3) is 0 Å². The Morgan fingerprint density at radius 1 is 1.33 bits per heavy atom. The molecule has 0 aromatic carbocycles. The van der Waals surface area contributed by atoms with Gasteiger partial charge in [0, 0.05) is 16.8 Å². The number of fused-ring (bicyclic) bond motifs is 5. The SMILES string of the molecule is C[C@@]12C=CC=C1C1=CCC3CCCC[C@@H]3[C@H]1C([N+](=O)[O-])C2. The highest BCUT2D eigenvalue weighted by molar-refractivity contribution is 5.51. The molecule has 0 radical (unpaired) electrons. The molecule has 2 fully saturated rings. The van der Waals surface area contributed by atoms with Gasteiger partial charge in [0.15, 0.2) is 0 Å². The zero-order valence-electron chi connectivity index (χ0n) is 12.6. The highest BCUT2D eigenvalue weighted by atomic mass is 16.6. The van der Waals surface area contributed by atoms with E-state index in [1.807, 2.05) is 0 Å². The van der Waals surface area contributed by atoms with E-state index < -0.39 is 6.04 Å². The number of rotatable bonds is 1. The maximum absolute atomic E-state index is 11.7. The van der Waals surface area contributed by atoms with Gasteiger partial charge in [0.05, 0.1) is 5.92 Å². The smallest absolute Gasteiger partial charge is 0.221 e. The van der Waals surface area contributed by atoms with Crippen molar-refractivity contribution in [2.24, 2.45) is 23.2 Å². The second-order valence-corrected chi connectivity index (χ2v) is 7.54. The molecule has 0 aromatic heterocycles. The monoisotopic (exact) mass is 285 g/mol. The minimum Gasteiger partial charge on any atom is -0.264 e. The highest BCUT2D eigenvalue weighted by Gasteiger charge is 2.54. The lowest BCUT2D eigenvalue weighted by atomic mass is 9.55. The van der Waals surface area contributed by atoms with Gasteiger partial charge in [-0.3, -0.25) is 10.1 Å². The van der Waals surface area contributed by atoms with E-state index in [1.165, 1.54) is 36.8 Å². The first kappa shape index (κ1) is 13.3. The summed E-state index contributed by atoms with van der Waals surface area (Å²) in [5.74, 6) is 1.40. The van der Waals surface area contributed by atoms with Crippen LogP contribution in [0.15, 0.2) is 35.5 Å². The Morgan fingerprint density at radius 3 is 2.95 bits per heavy atom. The molecule has 4 aliphatic carbocycles. The molecule has 2 unspecified atom stereocenters. The van der Waals surface area contributed by atoms with E-state index in [4.69, 9.17) is 0 Å². The van der Waals surface area contributed by atoms with Crippen LogP contribution in [-0.2, 0) is 0 Å². The molecular weight excluding hydrogens is 262 g/mol. The molecule has 21 heavy (non-hydrogen) atoms. The lowest BCUT2D eigenvalue weighted by molar-refractivity contribution is -0.537. The molecule has 0 spiro atoms. The lowest BCUT2D eigenvalue weighted by Crippen LogP contribution is -2.48. The predicted octanol–water partition coefficient (Wildman–Crippen LogP) is 4.29. The zero-order valence-corrected chi connectivity index (χ0v) is 12.6. The molecule has 112 valence electrons. The van der Waals surface area contributed by atoms with Gasteiger partial charge in [0.2, 0.25) is 6.04 Å². The molecule has 0 amide bonds. The van der Waals surface area contributed by atoms with Crippen LogP contribution < -0.4 is 0 Å². The minimum absolute atomic E-state index is 0.0175. The van der Waals surface area contributed by atoms with Gasteiger partial charge in [-0.05, 0) is 42.2 Å². The van der Waals surface area contributed by atoms with Gasteiger partial charge in [0.1, 0.15) is 0 Å². The van der Waals surface area contributed by atoms with Gasteiger partial charge in [-0.25, -0.2) is 0 Å². The van der Waals surface area contributed by atoms with Crippen molar-refractivity contribution in [2.75, 3.05) is 0 Å². The molecule has 5 atom stereocenters. The fourth-order valence-electron chi connectivity index (χ4n) is 5.44. The normalized spacial score (nSPS) is 44.2. The first-order valence-corrected chi connectivity index (χ1v) is 8.34. The van der Waals surface area contributed by atoms with Crippen molar-refractivity contribution in [1.29, 1.82) is 0 Å². The summed E-state index contributed by atoms with van der Waals surface area (Å²) in [4.78, 5) is 11.8. The standard InChI is InChI=1S/C18H23NO2/c1-18-10-4-7-15(18)14-9-8-12-5-2-3-6-13(12)17(14)16(11-18)19(20)21/h4,7,9-10,12-13,16-17H,2-3,5-6,8,11H2,1H3/t12?,13-,16?,17+,18-/m0/s1. The summed E-state index contributed by atoms with van der Waals surface area (Å²) in [7, 11) is 0. The van der Waals surface area contributed by atoms with Crippen molar-refractivity contribution in [2.45, 2.75) is 51.5 Å². The third-order valence-electron chi connectivity index (χ3n) is 6.40. The number of hydrogen-bond donors (Lipinski definition) is 0. The fourth-order valence-corrected chi connectivity index (χ4v) is 5.44. The second-order valence-electron chi connectivity index (χ2n) is 7.54. The minimum atomic E-state index is -0.396. The van der Waals surface area contributed by atoms with E-state index in [1.54, 1.807) is 0 Å². The molecule has 2 saturated carbocycles. The van der Waals surface area contributed by atoms with Crippen LogP contribution in [0.2, 0.25) is 0 Å². The van der Waals surface area contributed by atoms with Crippen molar-refractivity contribution >= 4 is 0 Å². The Balaban J connectivity index is 1.79. The summed E-state index contributed by atoms with van der Waals surface area (Å²) in [6, 6.07) is -0.396. The Kier molecular flexibility index (Phi) is 2.88. The van der Waals surface area contributed by atoms with E-state index in [0.29, 0.717) is 18.3 Å². The molecule has 0 bridgehead atoms. The van der Waals surface area contributed by atoms with E-state index in [0.717, 1.165) is 6.42 Å². The topological polar surface area (TPSA) is 43.1 Å². The summed E-state index contributed by atoms with van der Waals surface area (Å²) >= 11 is 0. The van der Waals surface area contributed by atoms with E-state index >= 15 is 0 Å². The van der Waals surface area contributed by atoms with Gasteiger partial charge < -0.3 is 0 Å². The van der Waals surface area contributed by atoms with Crippen LogP contribution in [-0.4, -0.2) is 11.0 Å². The summed E-state index contributed by atoms with van der Waals surface area (Å²) in [5.41, 5.74) is 2.58. The molecule has 4 rings (SSSR count). The second kappa shape index (κ2) is 4.56. The molecule has 3 heteroatoms. The largest absolute Gasteiger partial charge is 0.264 e. The molecule has 0 saturated heterocycles. The third-order valence-corrected chi connectivity index (χ3v) is 6.40. The van der Waals surface area contributed by atoms with Crippen LogP contribution in [0.3, 0.4) is 0 Å². The zero-order chi connectivity index (χ0) is 14.6. The van der Waals surface area contributed by atoms with Crippen molar-refractivity contribution in [1.82, 2.24) is 0 Å². The summed E-state index contributed by atoms with van der Waals surface area (Å²) in [6.07, 6.45) is 15.7. The van der Waals surface area contributed by atoms with Crippen LogP contribution in [0.5, 0.6) is 0 Å². The Labute approximate surface area is 126 Å². The number of allylic oxidation sites excluding steroid dienone is 5. The first-order chi connectivity index (χ1) is 10.1. The molecule has 0 N–H and O–H groups in total. The molecule has 0 aromatic rings.